The number of aromatic nitrogens is 1. The van der Waals surface area contributed by atoms with Crippen molar-refractivity contribution in [2.75, 3.05) is 18.4 Å². The van der Waals surface area contributed by atoms with E-state index in [1.165, 1.54) is 0 Å². The Labute approximate surface area is 147 Å². The average Bonchev–Trinajstić information content (AvgIpc) is 3.06. The molecule has 0 bridgehead atoms. The molecule has 2 N–H and O–H groups in total. The number of benzene rings is 1. The number of piperidine rings is 1. The number of anilines is 1. The van der Waals surface area contributed by atoms with E-state index in [0.717, 1.165) is 31.5 Å². The van der Waals surface area contributed by atoms with Crippen molar-refractivity contribution < 1.29 is 9.59 Å². The van der Waals surface area contributed by atoms with Gasteiger partial charge in [-0.1, -0.05) is 18.2 Å². The number of hydrogen-bond acceptors (Lipinski definition) is 2. The summed E-state index contributed by atoms with van der Waals surface area (Å²) in [4.78, 5) is 26.8. The first-order valence-electron chi connectivity index (χ1n) is 8.67. The third-order valence-corrected chi connectivity index (χ3v) is 4.58. The van der Waals surface area contributed by atoms with Crippen LogP contribution in [-0.2, 0) is 7.05 Å². The second-order valence-corrected chi connectivity index (χ2v) is 6.35. The Bertz CT molecular complexity index is 726. The van der Waals surface area contributed by atoms with Gasteiger partial charge in [-0.3, -0.25) is 4.79 Å². The molecule has 1 fully saturated rings. The fraction of sp³-hybridized carbons (Fsp3) is 0.368. The number of urea groups is 1. The van der Waals surface area contributed by atoms with Gasteiger partial charge in [-0.15, -0.1) is 0 Å². The summed E-state index contributed by atoms with van der Waals surface area (Å²) in [6, 6.07) is 12.8. The van der Waals surface area contributed by atoms with Crippen LogP contribution in [0.3, 0.4) is 0 Å². The van der Waals surface area contributed by atoms with Gasteiger partial charge in [0.2, 0.25) is 0 Å². The fourth-order valence-corrected chi connectivity index (χ4v) is 3.22. The zero-order valence-electron chi connectivity index (χ0n) is 14.4. The second kappa shape index (κ2) is 7.88. The number of carbonyl (C=O) groups excluding carboxylic acids is 2. The third kappa shape index (κ3) is 4.21. The first-order valence-corrected chi connectivity index (χ1v) is 8.67. The van der Waals surface area contributed by atoms with Gasteiger partial charge >= 0.3 is 6.03 Å². The van der Waals surface area contributed by atoms with Crippen LogP contribution in [-0.4, -0.2) is 40.5 Å². The molecule has 1 atom stereocenters. The topological polar surface area (TPSA) is 66.4 Å². The molecule has 0 spiro atoms. The van der Waals surface area contributed by atoms with Crippen molar-refractivity contribution >= 4 is 17.6 Å². The maximum Gasteiger partial charge on any atom is 0.319 e. The molecule has 0 saturated carbocycles. The smallest absolute Gasteiger partial charge is 0.319 e. The van der Waals surface area contributed by atoms with E-state index in [1.54, 1.807) is 0 Å². The SMILES string of the molecule is Cn1cccc1C(=O)N1CCCCC1CNC(=O)Nc1ccccc1. The summed E-state index contributed by atoms with van der Waals surface area (Å²) < 4.78 is 1.84. The molecule has 132 valence electrons. The van der Waals surface area contributed by atoms with E-state index in [2.05, 4.69) is 10.6 Å². The van der Waals surface area contributed by atoms with Crippen LogP contribution in [0.1, 0.15) is 29.8 Å². The molecular weight excluding hydrogens is 316 g/mol. The number of hydrogen-bond donors (Lipinski definition) is 2. The molecule has 2 heterocycles. The molecule has 6 nitrogen and oxygen atoms in total. The highest BCUT2D eigenvalue weighted by atomic mass is 16.2. The molecule has 1 aromatic carbocycles. The van der Waals surface area contributed by atoms with Crippen LogP contribution in [0.5, 0.6) is 0 Å². The van der Waals surface area contributed by atoms with Gasteiger partial charge in [-0.2, -0.15) is 0 Å². The predicted molar refractivity (Wildman–Crippen MR) is 97.6 cm³/mol. The minimum atomic E-state index is -0.247. The van der Waals surface area contributed by atoms with Crippen molar-refractivity contribution in [3.8, 4) is 0 Å². The van der Waals surface area contributed by atoms with E-state index in [9.17, 15) is 9.59 Å². The Balaban J connectivity index is 1.59. The standard InChI is InChI=1S/C19H24N4O2/c1-22-12-7-11-17(22)18(24)23-13-6-5-10-16(23)14-20-19(25)21-15-8-3-2-4-9-15/h2-4,7-9,11-12,16H,5-6,10,13-14H2,1H3,(H2,20,21,25). The lowest BCUT2D eigenvalue weighted by molar-refractivity contribution is 0.0605. The Kier molecular flexibility index (Phi) is 5.38. The molecule has 25 heavy (non-hydrogen) atoms. The minimum absolute atomic E-state index is 0.0256. The largest absolute Gasteiger partial charge is 0.347 e. The van der Waals surface area contributed by atoms with Gasteiger partial charge in [0, 0.05) is 38.1 Å². The second-order valence-electron chi connectivity index (χ2n) is 6.35. The van der Waals surface area contributed by atoms with E-state index >= 15 is 0 Å². The molecule has 6 heteroatoms. The molecule has 1 aromatic heterocycles. The number of nitrogens with one attached hydrogen (secondary N) is 2. The molecule has 0 radical (unpaired) electrons. The normalized spacial score (nSPS) is 17.2. The van der Waals surface area contributed by atoms with E-state index < -0.39 is 0 Å². The molecule has 1 aliphatic heterocycles. The van der Waals surface area contributed by atoms with Crippen molar-refractivity contribution in [1.82, 2.24) is 14.8 Å². The molecule has 3 rings (SSSR count). The number of aryl methyl sites for hydroxylation is 1. The van der Waals surface area contributed by atoms with Crippen LogP contribution >= 0.6 is 0 Å². The molecular formula is C19H24N4O2. The van der Waals surface area contributed by atoms with E-state index in [4.69, 9.17) is 0 Å². The molecule has 2 aromatic rings. The summed E-state index contributed by atoms with van der Waals surface area (Å²) >= 11 is 0. The van der Waals surface area contributed by atoms with E-state index in [-0.39, 0.29) is 18.0 Å². The van der Waals surface area contributed by atoms with Gasteiger partial charge in [0.25, 0.3) is 5.91 Å². The number of likely N-dealkylation sites (tertiary alicyclic amines) is 1. The molecule has 3 amide bonds. The molecule has 1 unspecified atom stereocenters. The monoisotopic (exact) mass is 340 g/mol. The van der Waals surface area contributed by atoms with Crippen molar-refractivity contribution in [3.63, 3.8) is 0 Å². The summed E-state index contributed by atoms with van der Waals surface area (Å²) in [5.74, 6) is 0.0301. The van der Waals surface area contributed by atoms with Crippen LogP contribution in [0.2, 0.25) is 0 Å². The summed E-state index contributed by atoms with van der Waals surface area (Å²) in [6.45, 7) is 1.19. The van der Waals surface area contributed by atoms with Gasteiger partial charge in [-0.25, -0.2) is 4.79 Å². The number of rotatable bonds is 4. The zero-order valence-corrected chi connectivity index (χ0v) is 14.4. The Morgan fingerprint density at radius 2 is 1.92 bits per heavy atom. The van der Waals surface area contributed by atoms with Crippen LogP contribution in [0, 0.1) is 0 Å². The molecule has 1 saturated heterocycles. The Morgan fingerprint density at radius 3 is 2.64 bits per heavy atom. The zero-order chi connectivity index (χ0) is 17.6. The van der Waals surface area contributed by atoms with Crippen molar-refractivity contribution in [3.05, 3.63) is 54.4 Å². The molecule has 1 aliphatic rings. The summed E-state index contributed by atoms with van der Waals surface area (Å²) in [5.41, 5.74) is 1.43. The van der Waals surface area contributed by atoms with Crippen LogP contribution < -0.4 is 10.6 Å². The Morgan fingerprint density at radius 1 is 1.12 bits per heavy atom. The maximum atomic E-state index is 12.8. The number of para-hydroxylation sites is 1. The quantitative estimate of drug-likeness (QED) is 0.899. The Hall–Kier alpha value is -2.76. The van der Waals surface area contributed by atoms with Crippen LogP contribution in [0.4, 0.5) is 10.5 Å². The summed E-state index contributed by atoms with van der Waals surface area (Å²) in [5, 5.41) is 5.70. The van der Waals surface area contributed by atoms with Crippen molar-refractivity contribution in [2.24, 2.45) is 7.05 Å². The number of nitrogens with zero attached hydrogens (tertiary/aromatic N) is 2. The van der Waals surface area contributed by atoms with E-state index in [0.29, 0.717) is 12.2 Å². The van der Waals surface area contributed by atoms with Gasteiger partial charge in [-0.05, 0) is 43.5 Å². The fourth-order valence-electron chi connectivity index (χ4n) is 3.22. The summed E-state index contributed by atoms with van der Waals surface area (Å²) in [7, 11) is 1.87. The summed E-state index contributed by atoms with van der Waals surface area (Å²) in [6.07, 6.45) is 4.85. The van der Waals surface area contributed by atoms with Crippen molar-refractivity contribution in [1.29, 1.82) is 0 Å². The maximum absolute atomic E-state index is 12.8. The van der Waals surface area contributed by atoms with Gasteiger partial charge in [0.05, 0.1) is 0 Å². The first-order chi connectivity index (χ1) is 12.1. The highest BCUT2D eigenvalue weighted by molar-refractivity contribution is 5.93. The lowest BCUT2D eigenvalue weighted by Gasteiger charge is -2.36. The van der Waals surface area contributed by atoms with E-state index in [1.807, 2.05) is 65.2 Å². The minimum Gasteiger partial charge on any atom is -0.347 e. The highest BCUT2D eigenvalue weighted by Crippen LogP contribution is 2.19. The van der Waals surface area contributed by atoms with Crippen molar-refractivity contribution in [2.45, 2.75) is 25.3 Å². The lowest BCUT2D eigenvalue weighted by atomic mass is 10.0. The van der Waals surface area contributed by atoms with Gasteiger partial charge < -0.3 is 20.1 Å². The highest BCUT2D eigenvalue weighted by Gasteiger charge is 2.28. The molecule has 0 aliphatic carbocycles. The van der Waals surface area contributed by atoms with Crippen LogP contribution in [0.15, 0.2) is 48.7 Å². The number of carbonyl (C=O) groups is 2. The van der Waals surface area contributed by atoms with Gasteiger partial charge in [0.15, 0.2) is 0 Å². The first kappa shape index (κ1) is 17.1. The number of amides is 3. The lowest BCUT2D eigenvalue weighted by Crippen LogP contribution is -2.50. The average molecular weight is 340 g/mol. The van der Waals surface area contributed by atoms with Gasteiger partial charge in [0.1, 0.15) is 5.69 Å². The van der Waals surface area contributed by atoms with Crippen LogP contribution in [0.25, 0.3) is 0 Å². The third-order valence-electron chi connectivity index (χ3n) is 4.58. The predicted octanol–water partition coefficient (Wildman–Crippen LogP) is 2.84.